The fourth-order valence-corrected chi connectivity index (χ4v) is 4.73. The standard InChI is InChI=1S/C26H41N3O5/c1-6-11-29-15-18(2)24(32-5)16-28(4)26(31)22-14-21(7-8-23(22)34-17-19(29)3)27-25(30)20-9-12-33-13-10-20/h7-8,14,18-20,24H,6,9-13,15-17H2,1-5H3,(H,27,30)/t18-,19-,24+/m0/s1. The van der Waals surface area contributed by atoms with Gasteiger partial charge in [-0.1, -0.05) is 13.8 Å². The molecule has 190 valence electrons. The van der Waals surface area contributed by atoms with Crippen molar-refractivity contribution in [2.45, 2.75) is 52.2 Å². The molecule has 2 aliphatic heterocycles. The topological polar surface area (TPSA) is 80.3 Å². The number of amides is 2. The first-order chi connectivity index (χ1) is 16.3. The lowest BCUT2D eigenvalue weighted by atomic mass is 9.99. The van der Waals surface area contributed by atoms with E-state index in [1.165, 1.54) is 0 Å². The van der Waals surface area contributed by atoms with E-state index in [-0.39, 0.29) is 35.8 Å². The zero-order chi connectivity index (χ0) is 24.7. The first-order valence-electron chi connectivity index (χ1n) is 12.5. The molecule has 0 bridgehead atoms. The molecule has 1 aromatic rings. The second kappa shape index (κ2) is 12.5. The van der Waals surface area contributed by atoms with Crippen LogP contribution in [0.25, 0.3) is 0 Å². The average molecular weight is 476 g/mol. The van der Waals surface area contributed by atoms with Crippen LogP contribution in [0.5, 0.6) is 5.75 Å². The van der Waals surface area contributed by atoms with Gasteiger partial charge in [-0.3, -0.25) is 14.5 Å². The molecule has 3 atom stereocenters. The smallest absolute Gasteiger partial charge is 0.257 e. The summed E-state index contributed by atoms with van der Waals surface area (Å²) in [6, 6.07) is 5.52. The van der Waals surface area contributed by atoms with Crippen LogP contribution >= 0.6 is 0 Å². The third-order valence-corrected chi connectivity index (χ3v) is 6.94. The number of hydrogen-bond donors (Lipinski definition) is 1. The highest BCUT2D eigenvalue weighted by molar-refractivity contribution is 5.99. The van der Waals surface area contributed by atoms with Gasteiger partial charge in [0.15, 0.2) is 0 Å². The molecule has 0 radical (unpaired) electrons. The monoisotopic (exact) mass is 475 g/mol. The molecule has 0 unspecified atom stereocenters. The molecule has 0 spiro atoms. The number of fused-ring (bicyclic) bond motifs is 1. The second-order valence-corrected chi connectivity index (χ2v) is 9.68. The Balaban J connectivity index is 1.87. The van der Waals surface area contributed by atoms with Crippen LogP contribution in [0.4, 0.5) is 5.69 Å². The number of carbonyl (C=O) groups excluding carboxylic acids is 2. The first-order valence-corrected chi connectivity index (χ1v) is 12.5. The van der Waals surface area contributed by atoms with Gasteiger partial charge in [0, 0.05) is 58.1 Å². The van der Waals surface area contributed by atoms with Gasteiger partial charge in [-0.2, -0.15) is 0 Å². The van der Waals surface area contributed by atoms with E-state index in [9.17, 15) is 9.59 Å². The van der Waals surface area contributed by atoms with Crippen molar-refractivity contribution in [3.63, 3.8) is 0 Å². The maximum atomic E-state index is 13.5. The third kappa shape index (κ3) is 6.71. The Morgan fingerprint density at radius 2 is 1.94 bits per heavy atom. The molecule has 1 aromatic carbocycles. The number of rotatable bonds is 5. The third-order valence-electron chi connectivity index (χ3n) is 6.94. The van der Waals surface area contributed by atoms with Gasteiger partial charge >= 0.3 is 0 Å². The molecule has 2 aliphatic rings. The van der Waals surface area contributed by atoms with E-state index in [2.05, 4.69) is 31.0 Å². The minimum atomic E-state index is -0.148. The van der Waals surface area contributed by atoms with Crippen molar-refractivity contribution < 1.29 is 23.8 Å². The van der Waals surface area contributed by atoms with E-state index in [0.717, 1.165) is 19.5 Å². The molecule has 34 heavy (non-hydrogen) atoms. The van der Waals surface area contributed by atoms with Crippen LogP contribution < -0.4 is 10.1 Å². The first kappa shape index (κ1) is 26.4. The van der Waals surface area contributed by atoms with Gasteiger partial charge in [0.1, 0.15) is 12.4 Å². The molecule has 2 amide bonds. The highest BCUT2D eigenvalue weighted by Crippen LogP contribution is 2.27. The molecule has 8 nitrogen and oxygen atoms in total. The molecule has 1 fully saturated rings. The Hall–Kier alpha value is -2.16. The maximum absolute atomic E-state index is 13.5. The van der Waals surface area contributed by atoms with Crippen molar-refractivity contribution in [2.75, 3.05) is 58.9 Å². The Bertz CT molecular complexity index is 827. The molecule has 1 saturated heterocycles. The number of anilines is 1. The van der Waals surface area contributed by atoms with E-state index < -0.39 is 0 Å². The molecule has 0 saturated carbocycles. The van der Waals surface area contributed by atoms with Gasteiger partial charge in [-0.15, -0.1) is 0 Å². The van der Waals surface area contributed by atoms with Crippen LogP contribution in [0.3, 0.4) is 0 Å². The number of hydrogen-bond acceptors (Lipinski definition) is 6. The van der Waals surface area contributed by atoms with Gasteiger partial charge in [-0.05, 0) is 56.8 Å². The zero-order valence-corrected chi connectivity index (χ0v) is 21.3. The summed E-state index contributed by atoms with van der Waals surface area (Å²) in [6.45, 7) is 10.5. The van der Waals surface area contributed by atoms with Crippen molar-refractivity contribution in [2.24, 2.45) is 11.8 Å². The highest BCUT2D eigenvalue weighted by atomic mass is 16.5. The summed E-state index contributed by atoms with van der Waals surface area (Å²) >= 11 is 0. The number of nitrogens with one attached hydrogen (secondary N) is 1. The largest absolute Gasteiger partial charge is 0.491 e. The van der Waals surface area contributed by atoms with Crippen molar-refractivity contribution >= 4 is 17.5 Å². The summed E-state index contributed by atoms with van der Waals surface area (Å²) in [5.41, 5.74) is 1.05. The Kier molecular flexibility index (Phi) is 9.74. The lowest BCUT2D eigenvalue weighted by molar-refractivity contribution is -0.122. The number of benzene rings is 1. The Morgan fingerprint density at radius 1 is 1.21 bits per heavy atom. The zero-order valence-electron chi connectivity index (χ0n) is 21.3. The van der Waals surface area contributed by atoms with Crippen molar-refractivity contribution in [3.8, 4) is 5.75 Å². The van der Waals surface area contributed by atoms with Crippen molar-refractivity contribution in [1.29, 1.82) is 0 Å². The number of carbonyl (C=O) groups is 2. The summed E-state index contributed by atoms with van der Waals surface area (Å²) in [5.74, 6) is 0.532. The molecule has 0 aromatic heterocycles. The number of likely N-dealkylation sites (N-methyl/N-ethyl adjacent to an activating group) is 1. The van der Waals surface area contributed by atoms with E-state index in [4.69, 9.17) is 14.2 Å². The quantitative estimate of drug-likeness (QED) is 0.704. The lowest BCUT2D eigenvalue weighted by Crippen LogP contribution is -2.46. The van der Waals surface area contributed by atoms with E-state index in [0.29, 0.717) is 56.2 Å². The van der Waals surface area contributed by atoms with E-state index >= 15 is 0 Å². The summed E-state index contributed by atoms with van der Waals surface area (Å²) in [5, 5.41) is 2.99. The molecule has 2 heterocycles. The van der Waals surface area contributed by atoms with Crippen LogP contribution in [0.1, 0.15) is 50.4 Å². The molecular formula is C26H41N3O5. The van der Waals surface area contributed by atoms with Gasteiger partial charge in [0.25, 0.3) is 5.91 Å². The van der Waals surface area contributed by atoms with Crippen LogP contribution in [-0.2, 0) is 14.3 Å². The Morgan fingerprint density at radius 3 is 2.62 bits per heavy atom. The fraction of sp³-hybridized carbons (Fsp3) is 0.692. The average Bonchev–Trinajstić information content (AvgIpc) is 2.85. The second-order valence-electron chi connectivity index (χ2n) is 9.68. The summed E-state index contributed by atoms with van der Waals surface area (Å²) < 4.78 is 17.3. The normalized spacial score (nSPS) is 25.6. The number of ether oxygens (including phenoxy) is 3. The summed E-state index contributed by atoms with van der Waals surface area (Å²) in [6.07, 6.45) is 2.40. The predicted octanol–water partition coefficient (Wildman–Crippen LogP) is 3.27. The molecule has 3 rings (SSSR count). The number of nitrogens with zero attached hydrogens (tertiary/aromatic N) is 2. The van der Waals surface area contributed by atoms with Gasteiger partial charge in [0.2, 0.25) is 5.91 Å². The highest BCUT2D eigenvalue weighted by Gasteiger charge is 2.28. The predicted molar refractivity (Wildman–Crippen MR) is 132 cm³/mol. The number of methoxy groups -OCH3 is 1. The van der Waals surface area contributed by atoms with Gasteiger partial charge in [0.05, 0.1) is 11.7 Å². The van der Waals surface area contributed by atoms with Crippen molar-refractivity contribution in [3.05, 3.63) is 23.8 Å². The summed E-state index contributed by atoms with van der Waals surface area (Å²) in [7, 11) is 3.50. The Labute approximate surface area is 203 Å². The molecule has 1 N–H and O–H groups in total. The van der Waals surface area contributed by atoms with E-state index in [1.807, 2.05) is 6.07 Å². The molecule has 8 heteroatoms. The lowest BCUT2D eigenvalue weighted by Gasteiger charge is -2.35. The van der Waals surface area contributed by atoms with Crippen LogP contribution in [0.15, 0.2) is 18.2 Å². The van der Waals surface area contributed by atoms with Crippen LogP contribution in [0.2, 0.25) is 0 Å². The molecular weight excluding hydrogens is 434 g/mol. The van der Waals surface area contributed by atoms with Crippen LogP contribution in [0, 0.1) is 11.8 Å². The van der Waals surface area contributed by atoms with Gasteiger partial charge in [-0.25, -0.2) is 0 Å². The summed E-state index contributed by atoms with van der Waals surface area (Å²) in [4.78, 5) is 30.3. The minimum absolute atomic E-state index is 0.0322. The van der Waals surface area contributed by atoms with Crippen LogP contribution in [-0.4, -0.2) is 87.4 Å². The molecule has 0 aliphatic carbocycles. The maximum Gasteiger partial charge on any atom is 0.257 e. The van der Waals surface area contributed by atoms with E-state index in [1.54, 1.807) is 31.2 Å². The fourth-order valence-electron chi connectivity index (χ4n) is 4.73. The SMILES string of the molecule is CCCN1C[C@H](C)[C@H](OC)CN(C)C(=O)c2cc(NC(=O)C3CCOCC3)ccc2OC[C@@H]1C. The van der Waals surface area contributed by atoms with Crippen molar-refractivity contribution in [1.82, 2.24) is 9.80 Å². The minimum Gasteiger partial charge on any atom is -0.491 e. The van der Waals surface area contributed by atoms with Gasteiger partial charge < -0.3 is 24.4 Å².